The second-order valence-electron chi connectivity index (χ2n) is 6.32. The van der Waals surface area contributed by atoms with Crippen molar-refractivity contribution < 1.29 is 4.79 Å². The molecule has 5 heteroatoms. The Kier molecular flexibility index (Phi) is 4.32. The van der Waals surface area contributed by atoms with E-state index < -0.39 is 0 Å². The van der Waals surface area contributed by atoms with Gasteiger partial charge in [-0.3, -0.25) is 9.48 Å². The highest BCUT2D eigenvalue weighted by Crippen LogP contribution is 2.23. The molecule has 3 heterocycles. The van der Waals surface area contributed by atoms with Gasteiger partial charge in [0.25, 0.3) is 0 Å². The maximum absolute atomic E-state index is 12.6. The molecule has 2 atom stereocenters. The Bertz CT molecular complexity index is 616. The Morgan fingerprint density at radius 3 is 2.86 bits per heavy atom. The fourth-order valence-corrected chi connectivity index (χ4v) is 3.16. The van der Waals surface area contributed by atoms with Crippen molar-refractivity contribution >= 4 is 5.91 Å². The Morgan fingerprint density at radius 2 is 2.18 bits per heavy atom. The molecule has 0 radical (unpaired) electrons. The predicted octanol–water partition coefficient (Wildman–Crippen LogP) is 2.81. The van der Waals surface area contributed by atoms with Gasteiger partial charge in [-0.05, 0) is 44.4 Å². The molecular formula is C17H24N4O. The van der Waals surface area contributed by atoms with E-state index >= 15 is 0 Å². The number of aryl methyl sites for hydroxylation is 1. The second kappa shape index (κ2) is 6.38. The van der Waals surface area contributed by atoms with Gasteiger partial charge in [0.2, 0.25) is 5.91 Å². The maximum Gasteiger partial charge on any atom is 0.224 e. The average Bonchev–Trinajstić information content (AvgIpc) is 3.18. The van der Waals surface area contributed by atoms with E-state index in [2.05, 4.69) is 22.8 Å². The lowest BCUT2D eigenvalue weighted by Gasteiger charge is -2.33. The van der Waals surface area contributed by atoms with Gasteiger partial charge in [-0.25, -0.2) is 0 Å². The third-order valence-corrected chi connectivity index (χ3v) is 4.46. The third kappa shape index (κ3) is 3.24. The highest BCUT2D eigenvalue weighted by Gasteiger charge is 2.26. The molecule has 1 aliphatic heterocycles. The minimum absolute atomic E-state index is 0.204. The first-order valence-corrected chi connectivity index (χ1v) is 8.04. The summed E-state index contributed by atoms with van der Waals surface area (Å²) < 4.78 is 4.11. The van der Waals surface area contributed by atoms with Crippen LogP contribution in [0.1, 0.15) is 43.8 Å². The highest BCUT2D eigenvalue weighted by atomic mass is 16.2. The van der Waals surface area contributed by atoms with Crippen LogP contribution in [0.4, 0.5) is 0 Å². The summed E-state index contributed by atoms with van der Waals surface area (Å²) in [5.74, 6) is 0.245. The molecule has 3 rings (SSSR count). The molecule has 0 bridgehead atoms. The van der Waals surface area contributed by atoms with Gasteiger partial charge in [0.05, 0.1) is 12.2 Å². The van der Waals surface area contributed by atoms with Crippen molar-refractivity contribution in [1.29, 1.82) is 0 Å². The Labute approximate surface area is 131 Å². The van der Waals surface area contributed by atoms with Crippen LogP contribution in [0.15, 0.2) is 36.9 Å². The first-order valence-electron chi connectivity index (χ1n) is 8.04. The molecule has 0 N–H and O–H groups in total. The number of aromatic nitrogens is 3. The van der Waals surface area contributed by atoms with Gasteiger partial charge in [0, 0.05) is 44.1 Å². The quantitative estimate of drug-likeness (QED) is 0.871. The predicted molar refractivity (Wildman–Crippen MR) is 85.6 cm³/mol. The smallest absolute Gasteiger partial charge is 0.224 e. The molecule has 0 spiro atoms. The van der Waals surface area contributed by atoms with Crippen LogP contribution in [0.5, 0.6) is 0 Å². The zero-order valence-electron chi connectivity index (χ0n) is 13.4. The molecule has 1 fully saturated rings. The van der Waals surface area contributed by atoms with Crippen molar-refractivity contribution in [3.8, 4) is 0 Å². The van der Waals surface area contributed by atoms with Crippen LogP contribution >= 0.6 is 0 Å². The Balaban J connectivity index is 1.60. The van der Waals surface area contributed by atoms with E-state index in [0.717, 1.165) is 25.9 Å². The van der Waals surface area contributed by atoms with E-state index in [-0.39, 0.29) is 11.9 Å². The zero-order valence-corrected chi connectivity index (χ0v) is 13.4. The lowest BCUT2D eigenvalue weighted by molar-refractivity contribution is -0.133. The molecule has 0 aliphatic carbocycles. The van der Waals surface area contributed by atoms with Gasteiger partial charge < -0.3 is 9.47 Å². The molecule has 2 aromatic rings. The average molecular weight is 300 g/mol. The van der Waals surface area contributed by atoms with Crippen molar-refractivity contribution in [2.75, 3.05) is 13.1 Å². The molecule has 1 amide bonds. The number of hydrogen-bond donors (Lipinski definition) is 0. The largest absolute Gasteiger partial charge is 0.351 e. The van der Waals surface area contributed by atoms with E-state index in [1.807, 2.05) is 47.2 Å². The van der Waals surface area contributed by atoms with Gasteiger partial charge in [0.15, 0.2) is 0 Å². The lowest BCUT2D eigenvalue weighted by atomic mass is 10.0. The number of likely N-dealkylation sites (tertiary alicyclic amines) is 1. The minimum Gasteiger partial charge on any atom is -0.351 e. The van der Waals surface area contributed by atoms with Crippen LogP contribution in [-0.4, -0.2) is 38.2 Å². The summed E-state index contributed by atoms with van der Waals surface area (Å²) in [7, 11) is 0. The van der Waals surface area contributed by atoms with Gasteiger partial charge in [-0.2, -0.15) is 5.10 Å². The van der Waals surface area contributed by atoms with Crippen molar-refractivity contribution in [3.05, 3.63) is 42.5 Å². The van der Waals surface area contributed by atoms with E-state index in [1.165, 1.54) is 5.56 Å². The third-order valence-electron chi connectivity index (χ3n) is 4.46. The minimum atomic E-state index is 0.204. The summed E-state index contributed by atoms with van der Waals surface area (Å²) in [5.41, 5.74) is 1.17. The van der Waals surface area contributed by atoms with Crippen LogP contribution in [0, 0.1) is 6.92 Å². The van der Waals surface area contributed by atoms with Crippen molar-refractivity contribution in [3.63, 3.8) is 0 Å². The molecule has 1 saturated heterocycles. The summed E-state index contributed by atoms with van der Waals surface area (Å²) in [6.07, 6.45) is 10.7. The fraction of sp³-hybridized carbons (Fsp3) is 0.529. The van der Waals surface area contributed by atoms with Crippen molar-refractivity contribution in [1.82, 2.24) is 19.2 Å². The first-order chi connectivity index (χ1) is 10.6. The summed E-state index contributed by atoms with van der Waals surface area (Å²) >= 11 is 0. The van der Waals surface area contributed by atoms with Crippen molar-refractivity contribution in [2.45, 2.75) is 45.2 Å². The standard InChI is InChI=1S/C17H24N4O/c1-14-11-18-21(12-14)16-6-5-9-20(13-16)17(22)10-15(2)19-7-3-4-8-19/h3-4,7-8,11-12,15-16H,5-6,9-10,13H2,1-2H3/t15-,16+/m1/s1. The molecular weight excluding hydrogens is 276 g/mol. The number of carbonyl (C=O) groups is 1. The SMILES string of the molecule is Cc1cnn([C@H]2CCCN(C(=O)C[C@@H](C)n3cccc3)C2)c1. The van der Waals surface area contributed by atoms with Gasteiger partial charge >= 0.3 is 0 Å². The molecule has 5 nitrogen and oxygen atoms in total. The maximum atomic E-state index is 12.6. The van der Waals surface area contributed by atoms with E-state index in [4.69, 9.17) is 0 Å². The monoisotopic (exact) mass is 300 g/mol. The Morgan fingerprint density at radius 1 is 1.41 bits per heavy atom. The zero-order chi connectivity index (χ0) is 15.5. The second-order valence-corrected chi connectivity index (χ2v) is 6.32. The van der Waals surface area contributed by atoms with E-state index in [9.17, 15) is 4.79 Å². The fourth-order valence-electron chi connectivity index (χ4n) is 3.16. The lowest BCUT2D eigenvalue weighted by Crippen LogP contribution is -2.41. The molecule has 0 aromatic carbocycles. The summed E-state index contributed by atoms with van der Waals surface area (Å²) in [6.45, 7) is 5.79. The van der Waals surface area contributed by atoms with E-state index in [1.54, 1.807) is 0 Å². The number of piperidine rings is 1. The van der Waals surface area contributed by atoms with Crippen LogP contribution in [-0.2, 0) is 4.79 Å². The molecule has 2 aromatic heterocycles. The highest BCUT2D eigenvalue weighted by molar-refractivity contribution is 5.76. The van der Waals surface area contributed by atoms with Gasteiger partial charge in [0.1, 0.15) is 0 Å². The molecule has 0 unspecified atom stereocenters. The number of nitrogens with zero attached hydrogens (tertiary/aromatic N) is 4. The number of hydrogen-bond acceptors (Lipinski definition) is 2. The number of carbonyl (C=O) groups excluding carboxylic acids is 1. The van der Waals surface area contributed by atoms with Gasteiger partial charge in [-0.1, -0.05) is 0 Å². The first kappa shape index (κ1) is 14.9. The molecule has 118 valence electrons. The Hall–Kier alpha value is -2.04. The molecule has 22 heavy (non-hydrogen) atoms. The van der Waals surface area contributed by atoms with Crippen LogP contribution in [0.25, 0.3) is 0 Å². The van der Waals surface area contributed by atoms with Crippen molar-refractivity contribution in [2.24, 2.45) is 0 Å². The van der Waals surface area contributed by atoms with Crippen LogP contribution < -0.4 is 0 Å². The number of rotatable bonds is 4. The topological polar surface area (TPSA) is 43.1 Å². The summed E-state index contributed by atoms with van der Waals surface area (Å²) in [5, 5.41) is 4.41. The summed E-state index contributed by atoms with van der Waals surface area (Å²) in [4.78, 5) is 14.6. The molecule has 1 aliphatic rings. The number of amides is 1. The summed E-state index contributed by atoms with van der Waals surface area (Å²) in [6, 6.07) is 4.51. The van der Waals surface area contributed by atoms with E-state index in [0.29, 0.717) is 12.5 Å². The molecule has 0 saturated carbocycles. The normalized spacial score (nSPS) is 20.1. The van der Waals surface area contributed by atoms with Crippen LogP contribution in [0.2, 0.25) is 0 Å². The van der Waals surface area contributed by atoms with Gasteiger partial charge in [-0.15, -0.1) is 0 Å². The van der Waals surface area contributed by atoms with Crippen LogP contribution in [0.3, 0.4) is 0 Å².